The van der Waals surface area contributed by atoms with E-state index in [2.05, 4.69) is 6.58 Å². The van der Waals surface area contributed by atoms with Gasteiger partial charge in [0.25, 0.3) is 0 Å². The largest absolute Gasteiger partial charge is 0.444 e. The number of likely N-dealkylation sites (tertiary alicyclic amines) is 1. The molecule has 1 amide bonds. The van der Waals surface area contributed by atoms with Crippen LogP contribution in [0.15, 0.2) is 12.2 Å². The fourth-order valence-electron chi connectivity index (χ4n) is 1.39. The second-order valence-electron chi connectivity index (χ2n) is 4.65. The van der Waals surface area contributed by atoms with Crippen molar-refractivity contribution in [2.45, 2.75) is 38.2 Å². The molecular weight excluding hydrogens is 212 g/mol. The SMILES string of the molecule is C=C1C[C@H](SN)N(C(=O)OC(C)(C)C)C1. The minimum atomic E-state index is -0.467. The van der Waals surface area contributed by atoms with Crippen molar-refractivity contribution >= 4 is 18.0 Å². The zero-order chi connectivity index (χ0) is 11.6. The molecule has 1 fully saturated rings. The summed E-state index contributed by atoms with van der Waals surface area (Å²) in [5, 5.41) is 5.48. The summed E-state index contributed by atoms with van der Waals surface area (Å²) < 4.78 is 5.28. The summed E-state index contributed by atoms with van der Waals surface area (Å²) in [7, 11) is 0. The topological polar surface area (TPSA) is 55.6 Å². The lowest BCUT2D eigenvalue weighted by atomic mass is 10.2. The summed E-state index contributed by atoms with van der Waals surface area (Å²) in [6.45, 7) is 9.95. The molecule has 1 atom stereocenters. The molecule has 0 spiro atoms. The van der Waals surface area contributed by atoms with Crippen LogP contribution in [0.2, 0.25) is 0 Å². The maximum absolute atomic E-state index is 11.8. The number of hydrogen-bond donors (Lipinski definition) is 1. The molecule has 86 valence electrons. The number of amides is 1. The second-order valence-corrected chi connectivity index (χ2v) is 5.47. The highest BCUT2D eigenvalue weighted by Gasteiger charge is 2.33. The van der Waals surface area contributed by atoms with Crippen LogP contribution in [0.25, 0.3) is 0 Å². The molecule has 0 saturated carbocycles. The van der Waals surface area contributed by atoms with E-state index in [0.717, 1.165) is 23.9 Å². The van der Waals surface area contributed by atoms with Crippen molar-refractivity contribution in [1.29, 1.82) is 0 Å². The molecule has 15 heavy (non-hydrogen) atoms. The maximum Gasteiger partial charge on any atom is 0.411 e. The van der Waals surface area contributed by atoms with Gasteiger partial charge in [-0.05, 0) is 20.8 Å². The van der Waals surface area contributed by atoms with Crippen molar-refractivity contribution < 1.29 is 9.53 Å². The van der Waals surface area contributed by atoms with Gasteiger partial charge in [0.05, 0.1) is 5.37 Å². The number of ether oxygens (including phenoxy) is 1. The molecular formula is C10H18N2O2S. The van der Waals surface area contributed by atoms with E-state index in [0.29, 0.717) is 6.54 Å². The first-order chi connectivity index (χ1) is 6.83. The highest BCUT2D eigenvalue weighted by molar-refractivity contribution is 7.97. The van der Waals surface area contributed by atoms with E-state index in [1.54, 1.807) is 4.90 Å². The molecule has 0 aromatic rings. The summed E-state index contributed by atoms with van der Waals surface area (Å²) in [5.74, 6) is 0. The quantitative estimate of drug-likeness (QED) is 0.554. The van der Waals surface area contributed by atoms with Crippen LogP contribution in [0.4, 0.5) is 4.79 Å². The van der Waals surface area contributed by atoms with Crippen molar-refractivity contribution in [2.24, 2.45) is 5.14 Å². The van der Waals surface area contributed by atoms with Gasteiger partial charge >= 0.3 is 6.09 Å². The third kappa shape index (κ3) is 3.43. The Morgan fingerprint density at radius 2 is 2.27 bits per heavy atom. The van der Waals surface area contributed by atoms with Crippen LogP contribution < -0.4 is 5.14 Å². The Bertz CT molecular complexity index is 273. The number of nitrogens with zero attached hydrogens (tertiary/aromatic N) is 1. The van der Waals surface area contributed by atoms with Crippen LogP contribution in [0.3, 0.4) is 0 Å². The van der Waals surface area contributed by atoms with Gasteiger partial charge in [0.2, 0.25) is 0 Å². The number of carbonyl (C=O) groups excluding carboxylic acids is 1. The van der Waals surface area contributed by atoms with Crippen LogP contribution in [0.1, 0.15) is 27.2 Å². The molecule has 0 aliphatic carbocycles. The first-order valence-corrected chi connectivity index (χ1v) is 5.79. The van der Waals surface area contributed by atoms with Crippen LogP contribution in [-0.2, 0) is 4.74 Å². The Morgan fingerprint density at radius 1 is 1.67 bits per heavy atom. The predicted octanol–water partition coefficient (Wildman–Crippen LogP) is 2.12. The van der Waals surface area contributed by atoms with E-state index in [1.807, 2.05) is 20.8 Å². The molecule has 0 aromatic heterocycles. The van der Waals surface area contributed by atoms with Gasteiger partial charge in [-0.3, -0.25) is 10.0 Å². The van der Waals surface area contributed by atoms with E-state index in [1.165, 1.54) is 0 Å². The van der Waals surface area contributed by atoms with Crippen molar-refractivity contribution in [2.75, 3.05) is 6.54 Å². The summed E-state index contributed by atoms with van der Waals surface area (Å²) >= 11 is 1.16. The van der Waals surface area contributed by atoms with Crippen LogP contribution in [0.5, 0.6) is 0 Å². The molecule has 5 heteroatoms. The average Bonchev–Trinajstić information content (AvgIpc) is 2.43. The van der Waals surface area contributed by atoms with E-state index < -0.39 is 5.60 Å². The highest BCUT2D eigenvalue weighted by Crippen LogP contribution is 2.28. The number of hydrogen-bond acceptors (Lipinski definition) is 4. The van der Waals surface area contributed by atoms with E-state index in [-0.39, 0.29) is 11.5 Å². The monoisotopic (exact) mass is 230 g/mol. The Labute approximate surface area is 95.0 Å². The molecule has 1 aliphatic rings. The Hall–Kier alpha value is -0.680. The zero-order valence-electron chi connectivity index (χ0n) is 9.45. The van der Waals surface area contributed by atoms with E-state index in [9.17, 15) is 4.79 Å². The minimum absolute atomic E-state index is 0.0349. The number of nitrogens with two attached hydrogens (primary N) is 1. The first-order valence-electron chi connectivity index (χ1n) is 4.85. The number of rotatable bonds is 1. The lowest BCUT2D eigenvalue weighted by Crippen LogP contribution is -2.39. The standard InChI is InChI=1S/C10H18N2O2S/c1-7-5-8(15-11)12(6-7)9(13)14-10(2,3)4/h8H,1,5-6,11H2,2-4H3/t8-/m0/s1. The smallest absolute Gasteiger partial charge is 0.411 e. The van der Waals surface area contributed by atoms with Gasteiger partial charge in [-0.15, -0.1) is 0 Å². The molecule has 0 unspecified atom stereocenters. The summed E-state index contributed by atoms with van der Waals surface area (Å²) in [6, 6.07) is 0. The van der Waals surface area contributed by atoms with E-state index in [4.69, 9.17) is 9.88 Å². The fourth-order valence-corrected chi connectivity index (χ4v) is 2.03. The minimum Gasteiger partial charge on any atom is -0.444 e. The molecule has 0 radical (unpaired) electrons. The van der Waals surface area contributed by atoms with Crippen LogP contribution in [0, 0.1) is 0 Å². The van der Waals surface area contributed by atoms with E-state index >= 15 is 0 Å². The van der Waals surface area contributed by atoms with Gasteiger partial charge in [-0.25, -0.2) is 4.79 Å². The maximum atomic E-state index is 11.8. The third-order valence-electron chi connectivity index (χ3n) is 1.99. The summed E-state index contributed by atoms with van der Waals surface area (Å²) in [4.78, 5) is 13.4. The predicted molar refractivity (Wildman–Crippen MR) is 62.3 cm³/mol. The Balaban J connectivity index is 2.63. The van der Waals surface area contributed by atoms with Gasteiger partial charge in [-0.1, -0.05) is 24.1 Å². The summed E-state index contributed by atoms with van der Waals surface area (Å²) in [6.07, 6.45) is 0.435. The van der Waals surface area contributed by atoms with Crippen molar-refractivity contribution in [1.82, 2.24) is 4.90 Å². The molecule has 0 bridgehead atoms. The normalized spacial score (nSPS) is 22.0. The molecule has 1 saturated heterocycles. The molecule has 2 N–H and O–H groups in total. The Kier molecular flexibility index (Phi) is 3.67. The van der Waals surface area contributed by atoms with Crippen molar-refractivity contribution in [3.05, 3.63) is 12.2 Å². The van der Waals surface area contributed by atoms with Crippen LogP contribution in [-0.4, -0.2) is 28.5 Å². The van der Waals surface area contributed by atoms with Gasteiger partial charge in [0, 0.05) is 13.0 Å². The first kappa shape index (κ1) is 12.4. The van der Waals surface area contributed by atoms with Crippen LogP contribution >= 0.6 is 11.9 Å². The molecule has 1 aliphatic heterocycles. The molecule has 1 heterocycles. The average molecular weight is 230 g/mol. The molecule has 1 rings (SSSR count). The van der Waals surface area contributed by atoms with Gasteiger partial charge in [0.15, 0.2) is 0 Å². The van der Waals surface area contributed by atoms with Crippen molar-refractivity contribution in [3.63, 3.8) is 0 Å². The fraction of sp³-hybridized carbons (Fsp3) is 0.700. The lowest BCUT2D eigenvalue weighted by molar-refractivity contribution is 0.0281. The van der Waals surface area contributed by atoms with Gasteiger partial charge in [-0.2, -0.15) is 0 Å². The summed E-state index contributed by atoms with van der Waals surface area (Å²) in [5.41, 5.74) is 0.550. The lowest BCUT2D eigenvalue weighted by Gasteiger charge is -2.27. The number of carbonyl (C=O) groups is 1. The van der Waals surface area contributed by atoms with Crippen molar-refractivity contribution in [3.8, 4) is 0 Å². The van der Waals surface area contributed by atoms with Gasteiger partial charge in [0.1, 0.15) is 5.60 Å². The molecule has 4 nitrogen and oxygen atoms in total. The van der Waals surface area contributed by atoms with Gasteiger partial charge < -0.3 is 4.74 Å². The third-order valence-corrected chi connectivity index (χ3v) is 2.73. The zero-order valence-corrected chi connectivity index (χ0v) is 10.3. The Morgan fingerprint density at radius 3 is 2.73 bits per heavy atom. The molecule has 0 aromatic carbocycles. The highest BCUT2D eigenvalue weighted by atomic mass is 32.2. The second kappa shape index (κ2) is 4.45.